The van der Waals surface area contributed by atoms with Gasteiger partial charge in [0, 0.05) is 17.7 Å². The van der Waals surface area contributed by atoms with E-state index < -0.39 is 0 Å². The molecule has 5 nitrogen and oxygen atoms in total. The summed E-state index contributed by atoms with van der Waals surface area (Å²) in [6, 6.07) is 6.25. The second-order valence-electron chi connectivity index (χ2n) is 6.10. The molecule has 0 saturated heterocycles. The van der Waals surface area contributed by atoms with Gasteiger partial charge >= 0.3 is 0 Å². The van der Waals surface area contributed by atoms with Crippen LogP contribution in [-0.2, 0) is 17.6 Å². The van der Waals surface area contributed by atoms with Crippen molar-refractivity contribution in [2.24, 2.45) is 0 Å². The molecule has 0 bridgehead atoms. The van der Waals surface area contributed by atoms with E-state index >= 15 is 0 Å². The highest BCUT2D eigenvalue weighted by Gasteiger charge is 2.11. The van der Waals surface area contributed by atoms with Crippen LogP contribution in [-0.4, -0.2) is 28.4 Å². The number of ether oxygens (including phenoxy) is 1. The molecular weight excluding hydrogens is 370 g/mol. The number of carbonyl (C=O) groups is 1. The molecule has 0 radical (unpaired) electrons. The van der Waals surface area contributed by atoms with Crippen molar-refractivity contribution in [2.45, 2.75) is 19.3 Å². The Hall–Kier alpha value is -2.31. The first-order chi connectivity index (χ1) is 12.7. The van der Waals surface area contributed by atoms with E-state index in [0.717, 1.165) is 23.6 Å². The molecule has 0 aliphatic heterocycles. The number of rotatable bonds is 6. The number of amides is 1. The lowest BCUT2D eigenvalue weighted by Crippen LogP contribution is -2.26. The normalized spacial score (nSPS) is 13.4. The fraction of sp³-hybridized carbons (Fsp3) is 0.263. The molecule has 1 N–H and O–H groups in total. The minimum absolute atomic E-state index is 0.191. The Bertz CT molecular complexity index is 976. The van der Waals surface area contributed by atoms with Crippen LogP contribution in [0.4, 0.5) is 0 Å². The van der Waals surface area contributed by atoms with Crippen molar-refractivity contribution in [1.29, 1.82) is 0 Å². The lowest BCUT2D eigenvalue weighted by Gasteiger charge is -2.08. The number of imidazole rings is 1. The SMILES string of the molecule is O=C(/C=C/c1c(Cl)nc2sccn12)NCCOc1ccc2c(c1)CCC2. The molecule has 1 amide bonds. The molecule has 4 rings (SSSR count). The minimum atomic E-state index is -0.191. The van der Waals surface area contributed by atoms with Crippen molar-refractivity contribution < 1.29 is 9.53 Å². The van der Waals surface area contributed by atoms with Crippen molar-refractivity contribution in [2.75, 3.05) is 13.2 Å². The number of fused-ring (bicyclic) bond motifs is 2. The van der Waals surface area contributed by atoms with Crippen LogP contribution in [0.1, 0.15) is 23.2 Å². The standard InChI is InChI=1S/C19H18ClN3O2S/c20-18-16(23-9-11-26-19(23)22-18)6-7-17(24)21-8-10-25-15-5-4-13-2-1-3-14(13)12-15/h4-7,9,11-12H,1-3,8,10H2,(H,21,24)/b7-6+. The highest BCUT2D eigenvalue weighted by atomic mass is 35.5. The summed E-state index contributed by atoms with van der Waals surface area (Å²) in [6.45, 7) is 0.870. The fourth-order valence-electron chi connectivity index (χ4n) is 3.12. The van der Waals surface area contributed by atoms with Gasteiger partial charge in [-0.15, -0.1) is 11.3 Å². The third-order valence-corrected chi connectivity index (χ3v) is 5.42. The van der Waals surface area contributed by atoms with E-state index in [1.807, 2.05) is 22.0 Å². The first-order valence-corrected chi connectivity index (χ1v) is 9.78. The van der Waals surface area contributed by atoms with Gasteiger partial charge in [0.2, 0.25) is 5.91 Å². The largest absolute Gasteiger partial charge is 0.492 e. The van der Waals surface area contributed by atoms with Gasteiger partial charge in [-0.3, -0.25) is 9.20 Å². The molecule has 1 aliphatic rings. The van der Waals surface area contributed by atoms with Crippen molar-refractivity contribution >= 4 is 39.9 Å². The molecule has 3 aromatic rings. The van der Waals surface area contributed by atoms with E-state index in [0.29, 0.717) is 24.0 Å². The molecule has 26 heavy (non-hydrogen) atoms. The molecule has 1 aliphatic carbocycles. The number of halogens is 1. The summed E-state index contributed by atoms with van der Waals surface area (Å²) in [5, 5.41) is 5.12. The quantitative estimate of drug-likeness (QED) is 0.517. The highest BCUT2D eigenvalue weighted by Crippen LogP contribution is 2.26. The van der Waals surface area contributed by atoms with Gasteiger partial charge in [-0.25, -0.2) is 4.98 Å². The predicted molar refractivity (Wildman–Crippen MR) is 104 cm³/mol. The third kappa shape index (κ3) is 3.61. The maximum Gasteiger partial charge on any atom is 0.244 e. The Morgan fingerprint density at radius 1 is 1.38 bits per heavy atom. The summed E-state index contributed by atoms with van der Waals surface area (Å²) in [5.74, 6) is 0.671. The summed E-state index contributed by atoms with van der Waals surface area (Å²) >= 11 is 7.59. The van der Waals surface area contributed by atoms with Gasteiger partial charge in [-0.1, -0.05) is 17.7 Å². The molecule has 134 valence electrons. The zero-order chi connectivity index (χ0) is 17.9. The Labute approximate surface area is 160 Å². The smallest absolute Gasteiger partial charge is 0.244 e. The summed E-state index contributed by atoms with van der Waals surface area (Å²) in [7, 11) is 0. The van der Waals surface area contributed by atoms with Gasteiger partial charge in [-0.05, 0) is 48.6 Å². The van der Waals surface area contributed by atoms with E-state index in [4.69, 9.17) is 16.3 Å². The number of thiazole rings is 1. The second kappa shape index (κ2) is 7.51. The van der Waals surface area contributed by atoms with E-state index in [1.54, 1.807) is 6.08 Å². The van der Waals surface area contributed by atoms with Crippen LogP contribution < -0.4 is 10.1 Å². The fourth-order valence-corrected chi connectivity index (χ4v) is 4.13. The zero-order valence-corrected chi connectivity index (χ0v) is 15.6. The topological polar surface area (TPSA) is 55.6 Å². The first-order valence-electron chi connectivity index (χ1n) is 8.52. The number of hydrogen-bond acceptors (Lipinski definition) is 4. The van der Waals surface area contributed by atoms with Crippen LogP contribution >= 0.6 is 22.9 Å². The maximum atomic E-state index is 12.0. The van der Waals surface area contributed by atoms with E-state index in [1.165, 1.54) is 35.0 Å². The summed E-state index contributed by atoms with van der Waals surface area (Å²) < 4.78 is 7.58. The van der Waals surface area contributed by atoms with Gasteiger partial charge in [0.05, 0.1) is 12.2 Å². The van der Waals surface area contributed by atoms with Gasteiger partial charge < -0.3 is 10.1 Å². The number of hydrogen-bond donors (Lipinski definition) is 1. The Morgan fingerprint density at radius 3 is 3.19 bits per heavy atom. The number of nitrogens with one attached hydrogen (secondary N) is 1. The number of aryl methyl sites for hydroxylation is 2. The van der Waals surface area contributed by atoms with Crippen molar-refractivity contribution in [3.8, 4) is 5.75 Å². The summed E-state index contributed by atoms with van der Waals surface area (Å²) in [4.78, 5) is 17.0. The molecule has 7 heteroatoms. The first kappa shape index (κ1) is 17.1. The minimum Gasteiger partial charge on any atom is -0.492 e. The highest BCUT2D eigenvalue weighted by molar-refractivity contribution is 7.15. The second-order valence-corrected chi connectivity index (χ2v) is 7.33. The van der Waals surface area contributed by atoms with Crippen LogP contribution in [0.25, 0.3) is 11.0 Å². The molecule has 1 aromatic carbocycles. The van der Waals surface area contributed by atoms with Crippen LogP contribution in [0.15, 0.2) is 35.9 Å². The van der Waals surface area contributed by atoms with Crippen LogP contribution in [0.3, 0.4) is 0 Å². The van der Waals surface area contributed by atoms with Gasteiger partial charge in [0.1, 0.15) is 12.4 Å². The Kier molecular flexibility index (Phi) is 4.95. The van der Waals surface area contributed by atoms with Gasteiger partial charge in [-0.2, -0.15) is 0 Å². The number of benzene rings is 1. The molecule has 0 unspecified atom stereocenters. The lowest BCUT2D eigenvalue weighted by atomic mass is 10.1. The van der Waals surface area contributed by atoms with Gasteiger partial charge in [0.15, 0.2) is 10.1 Å². The average molecular weight is 388 g/mol. The number of nitrogens with zero attached hydrogens (tertiary/aromatic N) is 2. The molecule has 2 aromatic heterocycles. The van der Waals surface area contributed by atoms with E-state index in [9.17, 15) is 4.79 Å². The maximum absolute atomic E-state index is 12.0. The molecule has 0 fully saturated rings. The zero-order valence-electron chi connectivity index (χ0n) is 14.1. The van der Waals surface area contributed by atoms with Crippen LogP contribution in [0.5, 0.6) is 5.75 Å². The number of carbonyl (C=O) groups excluding carboxylic acids is 1. The van der Waals surface area contributed by atoms with E-state index in [2.05, 4.69) is 22.4 Å². The summed E-state index contributed by atoms with van der Waals surface area (Å²) in [6.07, 6.45) is 8.52. The third-order valence-electron chi connectivity index (χ3n) is 4.39. The Morgan fingerprint density at radius 2 is 2.27 bits per heavy atom. The van der Waals surface area contributed by atoms with Crippen molar-refractivity contribution in [3.05, 3.63) is 57.8 Å². The molecule has 0 spiro atoms. The lowest BCUT2D eigenvalue weighted by molar-refractivity contribution is -0.116. The summed E-state index contributed by atoms with van der Waals surface area (Å²) in [5.41, 5.74) is 3.51. The average Bonchev–Trinajstić information content (AvgIpc) is 3.33. The van der Waals surface area contributed by atoms with Crippen molar-refractivity contribution in [1.82, 2.24) is 14.7 Å². The Balaban J connectivity index is 1.26. The van der Waals surface area contributed by atoms with Crippen LogP contribution in [0.2, 0.25) is 5.15 Å². The predicted octanol–water partition coefficient (Wildman–Crippen LogP) is 3.75. The number of aromatic nitrogens is 2. The molecule has 2 heterocycles. The van der Waals surface area contributed by atoms with Crippen LogP contribution in [0, 0.1) is 0 Å². The van der Waals surface area contributed by atoms with E-state index in [-0.39, 0.29) is 5.91 Å². The van der Waals surface area contributed by atoms with Gasteiger partial charge in [0.25, 0.3) is 0 Å². The molecule has 0 saturated carbocycles. The monoisotopic (exact) mass is 387 g/mol. The van der Waals surface area contributed by atoms with Crippen molar-refractivity contribution in [3.63, 3.8) is 0 Å². The molecule has 0 atom stereocenters. The molecular formula is C19H18ClN3O2S.